The SMILES string of the molecule is CCN(CC)c1ccc2c(-c3ccccc3S(=O)(=O)O)c3ccc(=[N+](C)CC(=O)CC[Si](OC)(OC)OC)cc-3oc2c1. The highest BCUT2D eigenvalue weighted by Crippen LogP contribution is 2.42. The van der Waals surface area contributed by atoms with Crippen molar-refractivity contribution in [2.75, 3.05) is 52.9 Å². The number of nitrogens with zero attached hydrogens (tertiary/aromatic N) is 2. The molecule has 2 aromatic rings. The lowest BCUT2D eigenvalue weighted by atomic mass is 9.93. The highest BCUT2D eigenvalue weighted by Gasteiger charge is 2.38. The zero-order valence-electron chi connectivity index (χ0n) is 25.4. The fourth-order valence-electron chi connectivity index (χ4n) is 5.36. The first kappa shape index (κ1) is 32.5. The zero-order chi connectivity index (χ0) is 31.4. The number of anilines is 1. The minimum Gasteiger partial charge on any atom is -0.456 e. The van der Waals surface area contributed by atoms with Gasteiger partial charge in [0.2, 0.25) is 11.9 Å². The number of Topliss-reactive ketones (excluding diaryl/α,β-unsaturated/α-hetero) is 1. The van der Waals surface area contributed by atoms with Crippen LogP contribution in [0.3, 0.4) is 0 Å². The van der Waals surface area contributed by atoms with E-state index in [4.69, 9.17) is 17.7 Å². The third-order valence-electron chi connectivity index (χ3n) is 7.75. The number of hydrogen-bond acceptors (Lipinski definition) is 8. The second-order valence-corrected chi connectivity index (χ2v) is 14.7. The maximum Gasteiger partial charge on any atom is 0.500 e. The lowest BCUT2D eigenvalue weighted by molar-refractivity contribution is -0.118. The first-order valence-electron chi connectivity index (χ1n) is 14.0. The van der Waals surface area contributed by atoms with Crippen LogP contribution in [0.15, 0.2) is 70.0 Å². The number of likely N-dealkylation sites (N-methyl/N-ethyl adjacent to an activating group) is 1. The van der Waals surface area contributed by atoms with Gasteiger partial charge in [-0.3, -0.25) is 9.35 Å². The molecular weight excluding hydrogens is 589 g/mol. The van der Waals surface area contributed by atoms with Crippen molar-refractivity contribution < 1.29 is 35.5 Å². The quantitative estimate of drug-likeness (QED) is 0.0987. The molecule has 1 aliphatic heterocycles. The minimum absolute atomic E-state index is 0.00675. The van der Waals surface area contributed by atoms with Gasteiger partial charge in [-0.25, -0.2) is 4.58 Å². The van der Waals surface area contributed by atoms with Crippen molar-refractivity contribution >= 4 is 41.4 Å². The summed E-state index contributed by atoms with van der Waals surface area (Å²) in [6.45, 7) is 5.90. The van der Waals surface area contributed by atoms with Crippen LogP contribution in [0.4, 0.5) is 5.69 Å². The van der Waals surface area contributed by atoms with Crippen molar-refractivity contribution in [3.8, 4) is 22.5 Å². The number of carbonyl (C=O) groups excluding carboxylic acids is 1. The van der Waals surface area contributed by atoms with E-state index in [0.717, 1.165) is 24.1 Å². The lowest BCUT2D eigenvalue weighted by Crippen LogP contribution is -2.43. The van der Waals surface area contributed by atoms with E-state index in [1.165, 1.54) is 27.4 Å². The molecule has 0 atom stereocenters. The van der Waals surface area contributed by atoms with Crippen LogP contribution in [-0.2, 0) is 28.2 Å². The summed E-state index contributed by atoms with van der Waals surface area (Å²) in [7, 11) is -1.00. The summed E-state index contributed by atoms with van der Waals surface area (Å²) in [4.78, 5) is 14.9. The Morgan fingerprint density at radius 1 is 0.953 bits per heavy atom. The molecule has 0 spiro atoms. The van der Waals surface area contributed by atoms with Crippen molar-refractivity contribution in [3.63, 3.8) is 0 Å². The molecule has 230 valence electrons. The molecule has 0 saturated heterocycles. The number of rotatable bonds is 13. The van der Waals surface area contributed by atoms with Crippen molar-refractivity contribution in [2.24, 2.45) is 0 Å². The van der Waals surface area contributed by atoms with Gasteiger partial charge in [0.15, 0.2) is 5.78 Å². The Bertz CT molecular complexity index is 1750. The standard InChI is InChI=1S/C31H38N2O8SSi/c1-7-33(8-2)23-14-16-26-29(20-23)41-28-19-22(32(3)21-24(34)17-18-43(38-4,39-5)40-6)13-15-25(28)31(26)27-11-9-10-12-30(27)42(35,36)37/h9-16,19-20H,7-8,17-18,21H2,1-6H3/p+1. The van der Waals surface area contributed by atoms with Crippen LogP contribution in [0.2, 0.25) is 6.04 Å². The maximum absolute atomic E-state index is 12.9. The van der Waals surface area contributed by atoms with Crippen LogP contribution in [-0.4, -0.2) is 75.6 Å². The largest absolute Gasteiger partial charge is 0.500 e. The molecule has 0 radical (unpaired) electrons. The van der Waals surface area contributed by atoms with Gasteiger partial charge in [0.1, 0.15) is 23.3 Å². The summed E-state index contributed by atoms with van der Waals surface area (Å²) in [6, 6.07) is 18.1. The number of carbonyl (C=O) groups is 1. The first-order valence-corrected chi connectivity index (χ1v) is 17.4. The highest BCUT2D eigenvalue weighted by molar-refractivity contribution is 7.86. The topological polar surface area (TPSA) is 119 Å². The summed E-state index contributed by atoms with van der Waals surface area (Å²) < 4.78 is 59.5. The maximum atomic E-state index is 12.9. The van der Waals surface area contributed by atoms with Gasteiger partial charge in [-0.1, -0.05) is 18.2 Å². The monoisotopic (exact) mass is 627 g/mol. The van der Waals surface area contributed by atoms with E-state index in [1.807, 2.05) is 48.0 Å². The van der Waals surface area contributed by atoms with E-state index in [0.29, 0.717) is 39.5 Å². The number of benzene rings is 3. The zero-order valence-corrected chi connectivity index (χ0v) is 27.2. The molecule has 0 fully saturated rings. The van der Waals surface area contributed by atoms with Gasteiger partial charge in [-0.2, -0.15) is 8.42 Å². The Kier molecular flexibility index (Phi) is 10.2. The number of ketones is 1. The average Bonchev–Trinajstić information content (AvgIpc) is 3.00. The minimum atomic E-state index is -4.51. The van der Waals surface area contributed by atoms with Gasteiger partial charge in [-0.05, 0) is 38.1 Å². The molecule has 1 aliphatic carbocycles. The Balaban J connectivity index is 1.88. The summed E-state index contributed by atoms with van der Waals surface area (Å²) in [6.07, 6.45) is 0.235. The van der Waals surface area contributed by atoms with E-state index in [1.54, 1.807) is 18.2 Å². The summed E-state index contributed by atoms with van der Waals surface area (Å²) in [5, 5.41) is 1.45. The van der Waals surface area contributed by atoms with Crippen LogP contribution in [0.5, 0.6) is 0 Å². The van der Waals surface area contributed by atoms with Gasteiger partial charge in [0, 0.05) is 86.8 Å². The van der Waals surface area contributed by atoms with E-state index < -0.39 is 18.9 Å². The second-order valence-electron chi connectivity index (χ2n) is 10.2. The molecule has 0 bridgehead atoms. The third-order valence-corrected chi connectivity index (χ3v) is 11.4. The predicted octanol–water partition coefficient (Wildman–Crippen LogP) is 4.54. The molecule has 0 unspecified atom stereocenters. The molecule has 0 amide bonds. The van der Waals surface area contributed by atoms with E-state index in [-0.39, 0.29) is 23.6 Å². The van der Waals surface area contributed by atoms with Gasteiger partial charge in [0.05, 0.1) is 6.07 Å². The Morgan fingerprint density at radius 2 is 1.63 bits per heavy atom. The smallest absolute Gasteiger partial charge is 0.456 e. The van der Waals surface area contributed by atoms with Crippen molar-refractivity contribution in [3.05, 3.63) is 66.0 Å². The predicted molar refractivity (Wildman–Crippen MR) is 169 cm³/mol. The van der Waals surface area contributed by atoms with Crippen molar-refractivity contribution in [1.82, 2.24) is 4.58 Å². The molecule has 1 heterocycles. The Morgan fingerprint density at radius 3 is 2.26 bits per heavy atom. The molecule has 43 heavy (non-hydrogen) atoms. The van der Waals surface area contributed by atoms with E-state index >= 15 is 0 Å². The Labute approximate surface area is 253 Å². The van der Waals surface area contributed by atoms with Gasteiger partial charge in [0.25, 0.3) is 10.1 Å². The van der Waals surface area contributed by atoms with E-state index in [2.05, 4.69) is 18.7 Å². The van der Waals surface area contributed by atoms with Gasteiger partial charge in [-0.15, -0.1) is 0 Å². The van der Waals surface area contributed by atoms with Crippen LogP contribution in [0.1, 0.15) is 20.3 Å². The van der Waals surface area contributed by atoms with Crippen LogP contribution < -0.4 is 14.8 Å². The van der Waals surface area contributed by atoms with Gasteiger partial charge < -0.3 is 22.6 Å². The molecule has 0 aromatic heterocycles. The van der Waals surface area contributed by atoms with Crippen LogP contribution in [0, 0.1) is 0 Å². The summed E-state index contributed by atoms with van der Waals surface area (Å²) in [5.41, 5.74) is 3.19. The molecule has 2 aliphatic rings. The van der Waals surface area contributed by atoms with Crippen molar-refractivity contribution in [1.29, 1.82) is 0 Å². The van der Waals surface area contributed by atoms with Crippen LogP contribution >= 0.6 is 0 Å². The molecule has 4 rings (SSSR count). The van der Waals surface area contributed by atoms with E-state index in [9.17, 15) is 17.8 Å². The number of fused-ring (bicyclic) bond motifs is 2. The fourth-order valence-corrected chi connectivity index (χ4v) is 7.76. The molecule has 2 aromatic carbocycles. The van der Waals surface area contributed by atoms with Gasteiger partial charge >= 0.3 is 8.80 Å². The normalized spacial score (nSPS) is 13.0. The summed E-state index contributed by atoms with van der Waals surface area (Å²) in [5.74, 6) is 0.499. The average molecular weight is 628 g/mol. The van der Waals surface area contributed by atoms with Crippen molar-refractivity contribution in [2.45, 2.75) is 31.2 Å². The molecular formula is C31H39N2O8SSi+. The summed E-state index contributed by atoms with van der Waals surface area (Å²) >= 11 is 0. The first-order chi connectivity index (χ1) is 20.5. The lowest BCUT2D eigenvalue weighted by Gasteiger charge is -2.23. The second kappa shape index (κ2) is 13.5. The Hall–Kier alpha value is -3.39. The molecule has 0 saturated carbocycles. The third kappa shape index (κ3) is 6.90. The molecule has 10 nitrogen and oxygen atoms in total. The molecule has 12 heteroatoms. The van der Waals surface area contributed by atoms with Crippen LogP contribution in [0.25, 0.3) is 33.4 Å². The number of hydrogen-bond donors (Lipinski definition) is 1. The fraction of sp³-hybridized carbons (Fsp3) is 0.355. The highest BCUT2D eigenvalue weighted by atomic mass is 32.2. The molecule has 1 N–H and O–H groups in total.